The van der Waals surface area contributed by atoms with Crippen molar-refractivity contribution in [3.63, 3.8) is 0 Å². The normalized spacial score (nSPS) is 13.8. The molecule has 0 aliphatic heterocycles. The van der Waals surface area contributed by atoms with Gasteiger partial charge in [0.2, 0.25) is 5.88 Å². The first-order valence-corrected chi connectivity index (χ1v) is 17.3. The zero-order valence-electron chi connectivity index (χ0n) is 28.3. The number of fused-ring (bicyclic) bond motifs is 1. The number of halogens is 1. The molecule has 0 radical (unpaired) electrons. The van der Waals surface area contributed by atoms with E-state index in [1.54, 1.807) is 18.2 Å². The van der Waals surface area contributed by atoms with Crippen LogP contribution < -0.4 is 9.47 Å². The molecule has 0 saturated heterocycles. The van der Waals surface area contributed by atoms with E-state index in [1.165, 1.54) is 17.7 Å². The van der Waals surface area contributed by atoms with Crippen LogP contribution in [0.2, 0.25) is 0 Å². The monoisotopic (exact) mass is 688 g/mol. The van der Waals surface area contributed by atoms with Crippen LogP contribution in [0.3, 0.4) is 0 Å². The molecule has 8 nitrogen and oxygen atoms in total. The van der Waals surface area contributed by atoms with Crippen LogP contribution in [-0.4, -0.2) is 45.3 Å². The summed E-state index contributed by atoms with van der Waals surface area (Å²) in [5, 5.41) is 18.4. The van der Waals surface area contributed by atoms with E-state index in [2.05, 4.69) is 40.2 Å². The molecule has 2 N–H and O–H groups in total. The van der Waals surface area contributed by atoms with Gasteiger partial charge in [0.25, 0.3) is 0 Å². The molecule has 5 aromatic rings. The summed E-state index contributed by atoms with van der Waals surface area (Å²) in [7, 11) is 0. The number of ether oxygens (including phenoxy) is 2. The number of aromatic nitrogens is 1. The summed E-state index contributed by atoms with van der Waals surface area (Å²) in [5.74, 6) is -0.250. The maximum absolute atomic E-state index is 13.2. The summed E-state index contributed by atoms with van der Waals surface area (Å²) in [6.45, 7) is 1.92. The minimum Gasteiger partial charge on any atom is -0.489 e. The van der Waals surface area contributed by atoms with Gasteiger partial charge in [-0.15, -0.1) is 0 Å². The lowest BCUT2D eigenvalue weighted by atomic mass is 9.89. The maximum atomic E-state index is 13.2. The third-order valence-electron chi connectivity index (χ3n) is 9.43. The lowest BCUT2D eigenvalue weighted by Gasteiger charge is -2.36. The van der Waals surface area contributed by atoms with Gasteiger partial charge < -0.3 is 19.7 Å². The molecule has 1 atom stereocenters. The highest BCUT2D eigenvalue weighted by atomic mass is 19.1. The molecule has 6 rings (SSSR count). The van der Waals surface area contributed by atoms with Crippen molar-refractivity contribution < 1.29 is 33.7 Å². The maximum Gasteiger partial charge on any atom is 0.512 e. The van der Waals surface area contributed by atoms with Gasteiger partial charge in [0, 0.05) is 30.9 Å². The Labute approximate surface area is 297 Å². The predicted molar refractivity (Wildman–Crippen MR) is 192 cm³/mol. The fourth-order valence-corrected chi connectivity index (χ4v) is 6.67. The largest absolute Gasteiger partial charge is 0.512 e. The number of pyridine rings is 1. The molecule has 1 unspecified atom stereocenters. The zero-order valence-corrected chi connectivity index (χ0v) is 28.3. The van der Waals surface area contributed by atoms with Crippen LogP contribution in [0.1, 0.15) is 68.3 Å². The number of para-hydroxylation sites is 1. The lowest BCUT2D eigenvalue weighted by molar-refractivity contribution is 0.0696. The van der Waals surface area contributed by atoms with Gasteiger partial charge in [-0.1, -0.05) is 72.8 Å². The predicted octanol–water partition coefficient (Wildman–Crippen LogP) is 8.50. The minimum atomic E-state index is -1.39. The lowest BCUT2D eigenvalue weighted by Crippen LogP contribution is -2.35. The van der Waals surface area contributed by atoms with Crippen molar-refractivity contribution in [1.82, 2.24) is 9.88 Å². The van der Waals surface area contributed by atoms with Crippen LogP contribution in [0.15, 0.2) is 109 Å². The Morgan fingerprint density at radius 3 is 2.08 bits per heavy atom. The summed E-state index contributed by atoms with van der Waals surface area (Å²) in [6, 6.07) is 33.8. The van der Waals surface area contributed by atoms with E-state index in [4.69, 9.17) is 14.6 Å². The van der Waals surface area contributed by atoms with E-state index in [1.807, 2.05) is 48.5 Å². The van der Waals surface area contributed by atoms with Gasteiger partial charge in [-0.25, -0.2) is 19.0 Å². The van der Waals surface area contributed by atoms with Crippen LogP contribution >= 0.6 is 0 Å². The summed E-state index contributed by atoms with van der Waals surface area (Å²) in [4.78, 5) is 29.5. The summed E-state index contributed by atoms with van der Waals surface area (Å²) in [5.41, 5.74) is 7.74. The fourth-order valence-electron chi connectivity index (χ4n) is 6.67. The zero-order chi connectivity index (χ0) is 35.6. The standard InChI is InChI=1S/C42H41FN2O6/c43-35-20-16-30(17-21-35)9-8-29-10-12-32(13-11-29)28-50-39-7-2-1-4-33(39)25-27-45(26-24-31-14-18-34(19-15-31)41(46)47)38-6-3-5-37-36(38)22-23-40(44-37)51-42(48)49/h1-2,4,7,10-23,38H,3,5-6,8-9,24-28H2,(H,46,47)(H,48,49). The molecule has 1 heterocycles. The third-order valence-corrected chi connectivity index (χ3v) is 9.43. The van der Waals surface area contributed by atoms with Gasteiger partial charge in [-0.05, 0) is 109 Å². The highest BCUT2D eigenvalue weighted by Crippen LogP contribution is 2.35. The van der Waals surface area contributed by atoms with Crippen molar-refractivity contribution in [3.05, 3.63) is 160 Å². The topological polar surface area (TPSA) is 109 Å². The first-order chi connectivity index (χ1) is 24.8. The number of carbonyl (C=O) groups is 2. The molecule has 1 aliphatic carbocycles. The Morgan fingerprint density at radius 2 is 1.37 bits per heavy atom. The number of rotatable bonds is 15. The molecular weight excluding hydrogens is 647 g/mol. The van der Waals surface area contributed by atoms with E-state index in [-0.39, 0.29) is 23.3 Å². The first-order valence-electron chi connectivity index (χ1n) is 17.3. The molecule has 0 amide bonds. The second kappa shape index (κ2) is 16.9. The second-order valence-electron chi connectivity index (χ2n) is 12.8. The fraction of sp³-hybridized carbons (Fsp3) is 0.262. The summed E-state index contributed by atoms with van der Waals surface area (Å²) in [6.07, 6.45) is 4.41. The Balaban J connectivity index is 1.13. The van der Waals surface area contributed by atoms with Gasteiger partial charge in [-0.3, -0.25) is 4.90 Å². The van der Waals surface area contributed by atoms with Gasteiger partial charge in [0.15, 0.2) is 0 Å². The average Bonchev–Trinajstić information content (AvgIpc) is 3.14. The highest BCUT2D eigenvalue weighted by molar-refractivity contribution is 5.87. The molecule has 1 aromatic heterocycles. The van der Waals surface area contributed by atoms with Crippen molar-refractivity contribution in [3.8, 4) is 11.6 Å². The number of aryl methyl sites for hydroxylation is 3. The SMILES string of the molecule is O=C(O)Oc1ccc2c(n1)CCCC2N(CCc1ccc(C(=O)O)cc1)CCc1ccccc1OCc1ccc(CCc2ccc(F)cc2)cc1. The average molecular weight is 689 g/mol. The van der Waals surface area contributed by atoms with E-state index in [0.29, 0.717) is 6.61 Å². The van der Waals surface area contributed by atoms with Crippen molar-refractivity contribution in [1.29, 1.82) is 0 Å². The van der Waals surface area contributed by atoms with Crippen LogP contribution in [-0.2, 0) is 38.7 Å². The number of hydrogen-bond acceptors (Lipinski definition) is 6. The molecule has 9 heteroatoms. The van der Waals surface area contributed by atoms with Crippen molar-refractivity contribution in [2.75, 3.05) is 13.1 Å². The van der Waals surface area contributed by atoms with E-state index in [0.717, 1.165) is 97.3 Å². The molecule has 262 valence electrons. The third kappa shape index (κ3) is 9.80. The minimum absolute atomic E-state index is 0.0769. The van der Waals surface area contributed by atoms with E-state index in [9.17, 15) is 19.1 Å². The van der Waals surface area contributed by atoms with Crippen molar-refractivity contribution >= 4 is 12.1 Å². The Kier molecular flexibility index (Phi) is 11.7. The van der Waals surface area contributed by atoms with E-state index < -0.39 is 12.1 Å². The molecule has 0 saturated carbocycles. The summed E-state index contributed by atoms with van der Waals surface area (Å²) < 4.78 is 24.4. The number of carboxylic acid groups (broad SMARTS) is 2. The quantitative estimate of drug-likeness (QED) is 0.105. The van der Waals surface area contributed by atoms with E-state index >= 15 is 0 Å². The molecule has 4 aromatic carbocycles. The summed E-state index contributed by atoms with van der Waals surface area (Å²) >= 11 is 0. The highest BCUT2D eigenvalue weighted by Gasteiger charge is 2.27. The number of hydrogen-bond donors (Lipinski definition) is 2. The Morgan fingerprint density at radius 1 is 0.745 bits per heavy atom. The van der Waals surface area contributed by atoms with Crippen LogP contribution in [0.5, 0.6) is 11.6 Å². The van der Waals surface area contributed by atoms with Crippen LogP contribution in [0.4, 0.5) is 9.18 Å². The first kappa shape index (κ1) is 35.3. The number of carboxylic acids is 1. The Hall–Kier alpha value is -5.54. The van der Waals surface area contributed by atoms with Crippen molar-refractivity contribution in [2.45, 2.75) is 57.6 Å². The molecule has 1 aliphatic rings. The van der Waals surface area contributed by atoms with Gasteiger partial charge >= 0.3 is 12.1 Å². The molecule has 0 fully saturated rings. The molecule has 51 heavy (non-hydrogen) atoms. The molecule has 0 spiro atoms. The van der Waals surface area contributed by atoms with Gasteiger partial charge in [0.1, 0.15) is 18.2 Å². The smallest absolute Gasteiger partial charge is 0.489 e. The second-order valence-corrected chi connectivity index (χ2v) is 12.8. The van der Waals surface area contributed by atoms with Crippen LogP contribution in [0, 0.1) is 5.82 Å². The molecule has 0 bridgehead atoms. The Bertz CT molecular complexity index is 1930. The van der Waals surface area contributed by atoms with Crippen LogP contribution in [0.25, 0.3) is 0 Å². The van der Waals surface area contributed by atoms with Gasteiger partial charge in [-0.2, -0.15) is 0 Å². The van der Waals surface area contributed by atoms with Crippen molar-refractivity contribution in [2.24, 2.45) is 0 Å². The molecular formula is C42H41FN2O6. The number of aromatic carboxylic acids is 1. The van der Waals surface area contributed by atoms with Gasteiger partial charge in [0.05, 0.1) is 5.56 Å². The number of nitrogens with zero attached hydrogens (tertiary/aromatic N) is 2. The number of benzene rings is 4.